The van der Waals surface area contributed by atoms with Gasteiger partial charge in [-0.3, -0.25) is 9.59 Å². The molecule has 4 nitrogen and oxygen atoms in total. The molecule has 0 spiro atoms. The van der Waals surface area contributed by atoms with Crippen LogP contribution < -0.4 is 5.32 Å². The molecular weight excluding hydrogens is 226 g/mol. The van der Waals surface area contributed by atoms with E-state index in [1.54, 1.807) is 0 Å². The number of ketones is 1. The number of nitrogens with one attached hydrogen (secondary N) is 1. The summed E-state index contributed by atoms with van der Waals surface area (Å²) in [5.41, 5.74) is 0. The maximum Gasteiger partial charge on any atom is 0.230 e. The van der Waals surface area contributed by atoms with Crippen LogP contribution in [0.2, 0.25) is 0 Å². The van der Waals surface area contributed by atoms with E-state index in [1.165, 1.54) is 18.7 Å². The number of amides is 1. The molecule has 0 aliphatic heterocycles. The van der Waals surface area contributed by atoms with Gasteiger partial charge >= 0.3 is 0 Å². The highest BCUT2D eigenvalue weighted by molar-refractivity contribution is 7.99. The van der Waals surface area contributed by atoms with Gasteiger partial charge in [-0.2, -0.15) is 11.8 Å². The average Bonchev–Trinajstić information content (AvgIpc) is 2.20. The lowest BCUT2D eigenvalue weighted by atomic mass is 10.0. The summed E-state index contributed by atoms with van der Waals surface area (Å²) in [7, 11) is 0. The minimum Gasteiger partial charge on any atom is -0.396 e. The molecule has 0 bridgehead atoms. The highest BCUT2D eigenvalue weighted by Gasteiger charge is 2.20. The van der Waals surface area contributed by atoms with E-state index in [4.69, 9.17) is 5.11 Å². The third-order valence-electron chi connectivity index (χ3n) is 2.10. The summed E-state index contributed by atoms with van der Waals surface area (Å²) in [6.07, 6.45) is 0.693. The zero-order chi connectivity index (χ0) is 12.6. The highest BCUT2D eigenvalue weighted by atomic mass is 32.2. The van der Waals surface area contributed by atoms with Gasteiger partial charge in [-0.05, 0) is 25.0 Å². The van der Waals surface area contributed by atoms with Crippen molar-refractivity contribution in [1.29, 1.82) is 0 Å². The first-order chi connectivity index (χ1) is 7.49. The molecular formula is C11H21NO3S. The second kappa shape index (κ2) is 8.58. The molecule has 0 heterocycles. The van der Waals surface area contributed by atoms with Gasteiger partial charge in [0.15, 0.2) is 5.78 Å². The van der Waals surface area contributed by atoms with E-state index in [0.29, 0.717) is 12.2 Å². The molecule has 1 unspecified atom stereocenters. The van der Waals surface area contributed by atoms with Crippen LogP contribution in [0.15, 0.2) is 0 Å². The zero-order valence-electron chi connectivity index (χ0n) is 10.2. The van der Waals surface area contributed by atoms with Crippen LogP contribution in [-0.2, 0) is 9.59 Å². The Morgan fingerprint density at radius 3 is 2.44 bits per heavy atom. The third kappa shape index (κ3) is 6.85. The van der Waals surface area contributed by atoms with Gasteiger partial charge in [0, 0.05) is 6.61 Å². The van der Waals surface area contributed by atoms with Gasteiger partial charge in [-0.15, -0.1) is 0 Å². The SMILES string of the molecule is CC(=O)C(NC(=O)CSCCCO)C(C)C. The first-order valence-electron chi connectivity index (χ1n) is 5.47. The molecule has 16 heavy (non-hydrogen) atoms. The second-order valence-electron chi connectivity index (χ2n) is 4.03. The fraction of sp³-hybridized carbons (Fsp3) is 0.818. The van der Waals surface area contributed by atoms with Crippen molar-refractivity contribution in [2.75, 3.05) is 18.1 Å². The topological polar surface area (TPSA) is 66.4 Å². The van der Waals surface area contributed by atoms with E-state index >= 15 is 0 Å². The van der Waals surface area contributed by atoms with Gasteiger partial charge in [0.1, 0.15) is 0 Å². The number of aliphatic hydroxyl groups excluding tert-OH is 1. The molecule has 0 aliphatic carbocycles. The number of hydrogen-bond donors (Lipinski definition) is 2. The smallest absolute Gasteiger partial charge is 0.230 e. The molecule has 0 aromatic heterocycles. The quantitative estimate of drug-likeness (QED) is 0.624. The van der Waals surface area contributed by atoms with Crippen molar-refractivity contribution in [3.63, 3.8) is 0 Å². The van der Waals surface area contributed by atoms with E-state index in [-0.39, 0.29) is 30.3 Å². The number of carbonyl (C=O) groups excluding carboxylic acids is 2. The zero-order valence-corrected chi connectivity index (χ0v) is 11.0. The Balaban J connectivity index is 3.87. The molecule has 0 radical (unpaired) electrons. The molecule has 5 heteroatoms. The normalized spacial score (nSPS) is 12.6. The van der Waals surface area contributed by atoms with Crippen LogP contribution in [0.5, 0.6) is 0 Å². The van der Waals surface area contributed by atoms with Crippen molar-refractivity contribution in [2.45, 2.75) is 33.2 Å². The molecule has 94 valence electrons. The Morgan fingerprint density at radius 2 is 2.00 bits per heavy atom. The minimum atomic E-state index is -0.383. The fourth-order valence-corrected chi connectivity index (χ4v) is 2.03. The first-order valence-corrected chi connectivity index (χ1v) is 6.63. The first kappa shape index (κ1) is 15.4. The lowest BCUT2D eigenvalue weighted by Gasteiger charge is -2.19. The Labute approximate surface area is 101 Å². The number of aliphatic hydroxyl groups is 1. The molecule has 0 rings (SSSR count). The van der Waals surface area contributed by atoms with Gasteiger partial charge < -0.3 is 10.4 Å². The predicted molar refractivity (Wildman–Crippen MR) is 66.5 cm³/mol. The van der Waals surface area contributed by atoms with Crippen LogP contribution in [0.3, 0.4) is 0 Å². The van der Waals surface area contributed by atoms with Crippen LogP contribution >= 0.6 is 11.8 Å². The van der Waals surface area contributed by atoms with Crippen molar-refractivity contribution in [3.8, 4) is 0 Å². The Bertz CT molecular complexity index is 231. The molecule has 0 fully saturated rings. The van der Waals surface area contributed by atoms with Gasteiger partial charge in [0.25, 0.3) is 0 Å². The van der Waals surface area contributed by atoms with Crippen molar-refractivity contribution < 1.29 is 14.7 Å². The molecule has 1 amide bonds. The molecule has 1 atom stereocenters. The maximum absolute atomic E-state index is 11.5. The fourth-order valence-electron chi connectivity index (χ4n) is 1.28. The van der Waals surface area contributed by atoms with Crippen LogP contribution in [0.4, 0.5) is 0 Å². The van der Waals surface area contributed by atoms with Gasteiger partial charge in [-0.25, -0.2) is 0 Å². The standard InChI is InChI=1S/C11H21NO3S/c1-8(2)11(9(3)14)12-10(15)7-16-6-4-5-13/h8,11,13H,4-7H2,1-3H3,(H,12,15). The van der Waals surface area contributed by atoms with E-state index in [2.05, 4.69) is 5.32 Å². The summed E-state index contributed by atoms with van der Waals surface area (Å²) < 4.78 is 0. The van der Waals surface area contributed by atoms with Crippen molar-refractivity contribution in [2.24, 2.45) is 5.92 Å². The van der Waals surface area contributed by atoms with E-state index in [9.17, 15) is 9.59 Å². The maximum atomic E-state index is 11.5. The van der Waals surface area contributed by atoms with Gasteiger partial charge in [-0.1, -0.05) is 13.8 Å². The average molecular weight is 247 g/mol. The summed E-state index contributed by atoms with van der Waals surface area (Å²) in [4.78, 5) is 22.7. The molecule has 2 N–H and O–H groups in total. The molecule has 0 saturated carbocycles. The Hall–Kier alpha value is -0.550. The Morgan fingerprint density at radius 1 is 1.38 bits per heavy atom. The van der Waals surface area contributed by atoms with Crippen molar-refractivity contribution in [3.05, 3.63) is 0 Å². The number of carbonyl (C=O) groups is 2. The van der Waals surface area contributed by atoms with E-state index in [0.717, 1.165) is 5.75 Å². The highest BCUT2D eigenvalue weighted by Crippen LogP contribution is 2.05. The third-order valence-corrected chi connectivity index (χ3v) is 3.14. The van der Waals surface area contributed by atoms with Crippen molar-refractivity contribution >= 4 is 23.5 Å². The van der Waals surface area contributed by atoms with E-state index in [1.807, 2.05) is 13.8 Å². The molecule has 0 aliphatic rings. The summed E-state index contributed by atoms with van der Waals surface area (Å²) >= 11 is 1.47. The molecule has 0 aromatic carbocycles. The Kier molecular flexibility index (Phi) is 8.29. The van der Waals surface area contributed by atoms with Gasteiger partial charge in [0.05, 0.1) is 11.8 Å². The number of hydrogen-bond acceptors (Lipinski definition) is 4. The summed E-state index contributed by atoms with van der Waals surface area (Å²) in [5, 5.41) is 11.3. The summed E-state index contributed by atoms with van der Waals surface area (Å²) in [6.45, 7) is 5.46. The van der Waals surface area contributed by atoms with E-state index < -0.39 is 0 Å². The monoisotopic (exact) mass is 247 g/mol. The number of Topliss-reactive ketones (excluding diaryl/α,β-unsaturated/α-hetero) is 1. The largest absolute Gasteiger partial charge is 0.396 e. The van der Waals surface area contributed by atoms with Crippen molar-refractivity contribution in [1.82, 2.24) is 5.32 Å². The summed E-state index contributed by atoms with van der Waals surface area (Å²) in [5.74, 6) is 1.09. The summed E-state index contributed by atoms with van der Waals surface area (Å²) in [6, 6.07) is -0.383. The predicted octanol–water partition coefficient (Wildman–Crippen LogP) is 0.832. The molecule has 0 aromatic rings. The lowest BCUT2D eigenvalue weighted by Crippen LogP contribution is -2.44. The minimum absolute atomic E-state index is 0.0105. The lowest BCUT2D eigenvalue weighted by molar-refractivity contribution is -0.126. The van der Waals surface area contributed by atoms with Crippen LogP contribution in [-0.4, -0.2) is 41.0 Å². The molecule has 0 saturated heterocycles. The van der Waals surface area contributed by atoms with Crippen LogP contribution in [0.1, 0.15) is 27.2 Å². The van der Waals surface area contributed by atoms with Gasteiger partial charge in [0.2, 0.25) is 5.91 Å². The number of rotatable bonds is 8. The van der Waals surface area contributed by atoms with Crippen LogP contribution in [0.25, 0.3) is 0 Å². The second-order valence-corrected chi connectivity index (χ2v) is 5.13. The van der Waals surface area contributed by atoms with Crippen LogP contribution in [0, 0.1) is 5.92 Å². The number of thioether (sulfide) groups is 1.